The van der Waals surface area contributed by atoms with Gasteiger partial charge in [0, 0.05) is 25.2 Å². The van der Waals surface area contributed by atoms with Gasteiger partial charge in [-0.2, -0.15) is 0 Å². The van der Waals surface area contributed by atoms with Crippen LogP contribution < -0.4 is 5.32 Å². The van der Waals surface area contributed by atoms with Crippen LogP contribution in [0.25, 0.3) is 0 Å². The Balaban J connectivity index is 1.93. The number of hydrogen-bond donors (Lipinski definition) is 1. The van der Waals surface area contributed by atoms with E-state index in [1.807, 2.05) is 13.1 Å². The molecule has 1 aromatic rings. The second kappa shape index (κ2) is 5.30. The Morgan fingerprint density at radius 2 is 2.20 bits per heavy atom. The zero-order chi connectivity index (χ0) is 10.5. The van der Waals surface area contributed by atoms with E-state index in [0.29, 0.717) is 0 Å². The summed E-state index contributed by atoms with van der Waals surface area (Å²) in [7, 11) is 1.95. The zero-order valence-electron chi connectivity index (χ0n) is 9.16. The molecule has 4 heteroatoms. The summed E-state index contributed by atoms with van der Waals surface area (Å²) in [5.74, 6) is 1.08. The van der Waals surface area contributed by atoms with Crippen molar-refractivity contribution in [2.45, 2.75) is 13.1 Å². The molecular weight excluding hydrogens is 192 g/mol. The fourth-order valence-corrected chi connectivity index (χ4v) is 1.82. The molecule has 0 bridgehead atoms. The standard InChI is InChI=1S/C11H18N2O2/c1-12-8-10-2-5-15-11(10)9-13-3-6-14-7-4-13/h2,5,12H,3-4,6-9H2,1H3. The fraction of sp³-hybridized carbons (Fsp3) is 0.636. The van der Waals surface area contributed by atoms with Crippen molar-refractivity contribution in [3.63, 3.8) is 0 Å². The van der Waals surface area contributed by atoms with Crippen molar-refractivity contribution in [1.29, 1.82) is 0 Å². The van der Waals surface area contributed by atoms with Crippen LogP contribution in [0, 0.1) is 0 Å². The third kappa shape index (κ3) is 2.81. The molecular formula is C11H18N2O2. The number of nitrogens with one attached hydrogen (secondary N) is 1. The van der Waals surface area contributed by atoms with E-state index in [2.05, 4.69) is 10.2 Å². The van der Waals surface area contributed by atoms with Crippen LogP contribution in [-0.4, -0.2) is 38.3 Å². The molecule has 4 nitrogen and oxygen atoms in total. The van der Waals surface area contributed by atoms with Gasteiger partial charge in [0.1, 0.15) is 5.76 Å². The van der Waals surface area contributed by atoms with Gasteiger partial charge >= 0.3 is 0 Å². The molecule has 1 saturated heterocycles. The summed E-state index contributed by atoms with van der Waals surface area (Å²) in [5, 5.41) is 3.14. The minimum absolute atomic E-state index is 0.835. The highest BCUT2D eigenvalue weighted by atomic mass is 16.5. The first-order chi connectivity index (χ1) is 7.40. The van der Waals surface area contributed by atoms with Crippen LogP contribution in [0.15, 0.2) is 16.7 Å². The van der Waals surface area contributed by atoms with Crippen LogP contribution in [0.5, 0.6) is 0 Å². The molecule has 0 spiro atoms. The van der Waals surface area contributed by atoms with E-state index in [4.69, 9.17) is 9.15 Å². The molecule has 0 unspecified atom stereocenters. The van der Waals surface area contributed by atoms with E-state index >= 15 is 0 Å². The van der Waals surface area contributed by atoms with Gasteiger partial charge in [0.05, 0.1) is 26.0 Å². The predicted molar refractivity (Wildman–Crippen MR) is 57.6 cm³/mol. The molecule has 2 heterocycles. The maximum Gasteiger partial charge on any atom is 0.122 e. The van der Waals surface area contributed by atoms with Crippen LogP contribution >= 0.6 is 0 Å². The number of rotatable bonds is 4. The molecule has 0 radical (unpaired) electrons. The fourth-order valence-electron chi connectivity index (χ4n) is 1.82. The Labute approximate surface area is 90.2 Å². The average molecular weight is 210 g/mol. The number of morpholine rings is 1. The molecule has 1 fully saturated rings. The number of furan rings is 1. The molecule has 1 aliphatic heterocycles. The Kier molecular flexibility index (Phi) is 3.77. The van der Waals surface area contributed by atoms with Crippen molar-refractivity contribution in [3.8, 4) is 0 Å². The average Bonchev–Trinajstić information content (AvgIpc) is 2.68. The summed E-state index contributed by atoms with van der Waals surface area (Å²) < 4.78 is 10.8. The van der Waals surface area contributed by atoms with Gasteiger partial charge in [0.15, 0.2) is 0 Å². The van der Waals surface area contributed by atoms with Gasteiger partial charge in [-0.3, -0.25) is 4.90 Å². The van der Waals surface area contributed by atoms with E-state index in [9.17, 15) is 0 Å². The lowest BCUT2D eigenvalue weighted by atomic mass is 10.2. The molecule has 2 rings (SSSR count). The first-order valence-electron chi connectivity index (χ1n) is 5.40. The molecule has 0 saturated carbocycles. The summed E-state index contributed by atoms with van der Waals surface area (Å²) in [6.45, 7) is 5.44. The molecule has 0 amide bonds. The Bertz CT molecular complexity index is 293. The maximum atomic E-state index is 5.50. The van der Waals surface area contributed by atoms with E-state index in [1.54, 1.807) is 6.26 Å². The summed E-state index contributed by atoms with van der Waals surface area (Å²) in [6, 6.07) is 2.03. The quantitative estimate of drug-likeness (QED) is 0.799. The highest BCUT2D eigenvalue weighted by Crippen LogP contribution is 2.13. The smallest absolute Gasteiger partial charge is 0.122 e. The number of ether oxygens (including phenoxy) is 1. The summed E-state index contributed by atoms with van der Waals surface area (Å²) >= 11 is 0. The lowest BCUT2D eigenvalue weighted by molar-refractivity contribution is 0.0312. The molecule has 1 aliphatic rings. The summed E-state index contributed by atoms with van der Waals surface area (Å²) in [6.07, 6.45) is 1.77. The summed E-state index contributed by atoms with van der Waals surface area (Å²) in [5.41, 5.74) is 1.25. The van der Waals surface area contributed by atoms with Crippen molar-refractivity contribution >= 4 is 0 Å². The molecule has 15 heavy (non-hydrogen) atoms. The Morgan fingerprint density at radius 1 is 1.40 bits per heavy atom. The maximum absolute atomic E-state index is 5.50. The second-order valence-corrected chi connectivity index (χ2v) is 3.79. The van der Waals surface area contributed by atoms with Crippen LogP contribution in [0.3, 0.4) is 0 Å². The monoisotopic (exact) mass is 210 g/mol. The Hall–Kier alpha value is -0.840. The molecule has 1 N–H and O–H groups in total. The van der Waals surface area contributed by atoms with E-state index in [-0.39, 0.29) is 0 Å². The van der Waals surface area contributed by atoms with Crippen molar-refractivity contribution in [2.24, 2.45) is 0 Å². The molecule has 0 aliphatic carbocycles. The van der Waals surface area contributed by atoms with Gasteiger partial charge in [-0.25, -0.2) is 0 Å². The van der Waals surface area contributed by atoms with E-state index in [0.717, 1.165) is 45.2 Å². The topological polar surface area (TPSA) is 37.6 Å². The van der Waals surface area contributed by atoms with Crippen molar-refractivity contribution in [2.75, 3.05) is 33.4 Å². The van der Waals surface area contributed by atoms with Crippen molar-refractivity contribution in [1.82, 2.24) is 10.2 Å². The van der Waals surface area contributed by atoms with E-state index in [1.165, 1.54) is 5.56 Å². The van der Waals surface area contributed by atoms with Gasteiger partial charge in [-0.1, -0.05) is 0 Å². The minimum atomic E-state index is 0.835. The van der Waals surface area contributed by atoms with Crippen molar-refractivity contribution in [3.05, 3.63) is 23.7 Å². The lowest BCUT2D eigenvalue weighted by Crippen LogP contribution is -2.35. The van der Waals surface area contributed by atoms with Gasteiger partial charge in [-0.05, 0) is 13.1 Å². The highest BCUT2D eigenvalue weighted by Gasteiger charge is 2.14. The molecule has 1 aromatic heterocycles. The van der Waals surface area contributed by atoms with Gasteiger partial charge < -0.3 is 14.5 Å². The lowest BCUT2D eigenvalue weighted by Gasteiger charge is -2.25. The molecule has 0 atom stereocenters. The zero-order valence-corrected chi connectivity index (χ0v) is 9.16. The van der Waals surface area contributed by atoms with Gasteiger partial charge in [-0.15, -0.1) is 0 Å². The highest BCUT2D eigenvalue weighted by molar-refractivity contribution is 5.16. The number of hydrogen-bond acceptors (Lipinski definition) is 4. The van der Waals surface area contributed by atoms with Crippen molar-refractivity contribution < 1.29 is 9.15 Å². The van der Waals surface area contributed by atoms with Gasteiger partial charge in [0.25, 0.3) is 0 Å². The molecule has 0 aromatic carbocycles. The normalized spacial score (nSPS) is 18.2. The third-order valence-electron chi connectivity index (χ3n) is 2.68. The largest absolute Gasteiger partial charge is 0.468 e. The number of nitrogens with zero attached hydrogens (tertiary/aromatic N) is 1. The van der Waals surface area contributed by atoms with Crippen LogP contribution in [0.1, 0.15) is 11.3 Å². The van der Waals surface area contributed by atoms with Gasteiger partial charge in [0.2, 0.25) is 0 Å². The third-order valence-corrected chi connectivity index (χ3v) is 2.68. The first kappa shape index (κ1) is 10.7. The SMILES string of the molecule is CNCc1ccoc1CN1CCOCC1. The Morgan fingerprint density at radius 3 is 2.93 bits per heavy atom. The van der Waals surface area contributed by atoms with Crippen LogP contribution in [0.2, 0.25) is 0 Å². The minimum Gasteiger partial charge on any atom is -0.468 e. The van der Waals surface area contributed by atoms with Crippen LogP contribution in [0.4, 0.5) is 0 Å². The summed E-state index contributed by atoms with van der Waals surface area (Å²) in [4.78, 5) is 2.36. The first-order valence-corrected chi connectivity index (χ1v) is 5.40. The predicted octanol–water partition coefficient (Wildman–Crippen LogP) is 0.831. The molecule has 84 valence electrons. The second-order valence-electron chi connectivity index (χ2n) is 3.79. The van der Waals surface area contributed by atoms with Crippen LogP contribution in [-0.2, 0) is 17.8 Å². The van der Waals surface area contributed by atoms with E-state index < -0.39 is 0 Å².